The Bertz CT molecular complexity index is 679. The standard InChI is InChI=1S/C15H18N2O2S/c1-12-7-9-14(10-8-12)20(18,19)17-15-6-4-3-5-13(15)11-16-2/h3-10,16-17H,11H2,1-2H3. The van der Waals surface area contributed by atoms with Crippen LogP contribution in [0.1, 0.15) is 11.1 Å². The molecule has 0 aromatic heterocycles. The maximum absolute atomic E-state index is 12.3. The Morgan fingerprint density at radius 1 is 1.00 bits per heavy atom. The van der Waals surface area contributed by atoms with Crippen LogP contribution in [0.25, 0.3) is 0 Å². The molecule has 2 rings (SSSR count). The van der Waals surface area contributed by atoms with Crippen molar-refractivity contribution in [3.63, 3.8) is 0 Å². The largest absolute Gasteiger partial charge is 0.316 e. The Morgan fingerprint density at radius 2 is 1.65 bits per heavy atom. The summed E-state index contributed by atoms with van der Waals surface area (Å²) in [7, 11) is -1.72. The van der Waals surface area contributed by atoms with Crippen molar-refractivity contribution in [3.05, 3.63) is 59.7 Å². The van der Waals surface area contributed by atoms with Crippen molar-refractivity contribution in [1.82, 2.24) is 5.32 Å². The van der Waals surface area contributed by atoms with Crippen LogP contribution in [0.15, 0.2) is 53.4 Å². The fraction of sp³-hybridized carbons (Fsp3) is 0.200. The lowest BCUT2D eigenvalue weighted by Crippen LogP contribution is -2.16. The fourth-order valence-corrected chi connectivity index (χ4v) is 2.99. The number of aryl methyl sites for hydroxylation is 1. The highest BCUT2D eigenvalue weighted by atomic mass is 32.2. The first kappa shape index (κ1) is 14.6. The van der Waals surface area contributed by atoms with Crippen LogP contribution < -0.4 is 10.0 Å². The molecule has 4 nitrogen and oxygen atoms in total. The number of rotatable bonds is 5. The lowest BCUT2D eigenvalue weighted by Gasteiger charge is -2.12. The summed E-state index contributed by atoms with van der Waals surface area (Å²) in [5.74, 6) is 0. The van der Waals surface area contributed by atoms with Gasteiger partial charge in [0.2, 0.25) is 0 Å². The predicted molar refractivity (Wildman–Crippen MR) is 81.2 cm³/mol. The van der Waals surface area contributed by atoms with Gasteiger partial charge >= 0.3 is 0 Å². The number of nitrogens with one attached hydrogen (secondary N) is 2. The van der Waals surface area contributed by atoms with Crippen LogP contribution in [0.2, 0.25) is 0 Å². The minimum Gasteiger partial charge on any atom is -0.316 e. The summed E-state index contributed by atoms with van der Waals surface area (Å²) >= 11 is 0. The summed E-state index contributed by atoms with van der Waals surface area (Å²) in [6.07, 6.45) is 0. The van der Waals surface area contributed by atoms with Gasteiger partial charge in [0, 0.05) is 6.54 Å². The molecule has 0 amide bonds. The number of hydrogen-bond acceptors (Lipinski definition) is 3. The molecule has 0 aliphatic heterocycles. The molecule has 0 fully saturated rings. The van der Waals surface area contributed by atoms with Crippen LogP contribution >= 0.6 is 0 Å². The first-order valence-electron chi connectivity index (χ1n) is 6.35. The summed E-state index contributed by atoms with van der Waals surface area (Å²) in [6.45, 7) is 2.53. The van der Waals surface area contributed by atoms with Gasteiger partial charge in [-0.25, -0.2) is 8.42 Å². The summed E-state index contributed by atoms with van der Waals surface area (Å²) in [6, 6.07) is 14.1. The van der Waals surface area contributed by atoms with Crippen molar-refractivity contribution in [2.24, 2.45) is 0 Å². The van der Waals surface area contributed by atoms with Gasteiger partial charge < -0.3 is 5.32 Å². The average molecular weight is 290 g/mol. The smallest absolute Gasteiger partial charge is 0.261 e. The molecule has 5 heteroatoms. The molecule has 0 saturated heterocycles. The molecular formula is C15H18N2O2S. The lowest BCUT2D eigenvalue weighted by molar-refractivity contribution is 0.601. The molecule has 0 heterocycles. The SMILES string of the molecule is CNCc1ccccc1NS(=O)(=O)c1ccc(C)cc1. The van der Waals surface area contributed by atoms with Crippen LogP contribution in [0.5, 0.6) is 0 Å². The van der Waals surface area contributed by atoms with E-state index in [0.29, 0.717) is 12.2 Å². The molecule has 2 aromatic carbocycles. The van der Waals surface area contributed by atoms with Crippen LogP contribution in [-0.4, -0.2) is 15.5 Å². The molecule has 0 spiro atoms. The van der Waals surface area contributed by atoms with E-state index in [2.05, 4.69) is 10.0 Å². The maximum Gasteiger partial charge on any atom is 0.261 e. The Balaban J connectivity index is 2.31. The third-order valence-electron chi connectivity index (χ3n) is 2.96. The van der Waals surface area contributed by atoms with Crippen molar-refractivity contribution in [2.75, 3.05) is 11.8 Å². The van der Waals surface area contributed by atoms with Gasteiger partial charge in [-0.1, -0.05) is 35.9 Å². The summed E-state index contributed by atoms with van der Waals surface area (Å²) in [4.78, 5) is 0.266. The molecule has 2 N–H and O–H groups in total. The number of para-hydroxylation sites is 1. The van der Waals surface area contributed by atoms with Crippen LogP contribution in [0.3, 0.4) is 0 Å². The second-order valence-electron chi connectivity index (χ2n) is 4.61. The number of sulfonamides is 1. The van der Waals surface area contributed by atoms with Gasteiger partial charge in [0.25, 0.3) is 10.0 Å². The van der Waals surface area contributed by atoms with Crippen molar-refractivity contribution < 1.29 is 8.42 Å². The van der Waals surface area contributed by atoms with Crippen molar-refractivity contribution >= 4 is 15.7 Å². The molecule has 0 saturated carbocycles. The summed E-state index contributed by atoms with van der Waals surface area (Å²) in [5.41, 5.74) is 2.53. The fourth-order valence-electron chi connectivity index (χ4n) is 1.89. The normalized spacial score (nSPS) is 11.3. The summed E-state index contributed by atoms with van der Waals surface area (Å²) < 4.78 is 27.3. The van der Waals surface area contributed by atoms with E-state index in [1.54, 1.807) is 30.3 Å². The van der Waals surface area contributed by atoms with Crippen molar-refractivity contribution in [1.29, 1.82) is 0 Å². The minimum absolute atomic E-state index is 0.266. The monoisotopic (exact) mass is 290 g/mol. The molecular weight excluding hydrogens is 272 g/mol. The van der Waals surface area contributed by atoms with E-state index >= 15 is 0 Å². The highest BCUT2D eigenvalue weighted by Crippen LogP contribution is 2.20. The predicted octanol–water partition coefficient (Wildman–Crippen LogP) is 2.52. The van der Waals surface area contributed by atoms with Gasteiger partial charge in [0.05, 0.1) is 10.6 Å². The van der Waals surface area contributed by atoms with E-state index in [0.717, 1.165) is 11.1 Å². The molecule has 0 bridgehead atoms. The van der Waals surface area contributed by atoms with Gasteiger partial charge in [-0.05, 0) is 37.7 Å². The van der Waals surface area contributed by atoms with Gasteiger partial charge in [-0.15, -0.1) is 0 Å². The first-order chi connectivity index (χ1) is 9.53. The van der Waals surface area contributed by atoms with Gasteiger partial charge in [0.15, 0.2) is 0 Å². The van der Waals surface area contributed by atoms with E-state index in [1.165, 1.54) is 0 Å². The van der Waals surface area contributed by atoms with E-state index in [9.17, 15) is 8.42 Å². The van der Waals surface area contributed by atoms with E-state index in [-0.39, 0.29) is 4.90 Å². The van der Waals surface area contributed by atoms with E-state index in [1.807, 2.05) is 32.2 Å². The third kappa shape index (κ3) is 3.37. The van der Waals surface area contributed by atoms with Gasteiger partial charge in [-0.3, -0.25) is 4.72 Å². The van der Waals surface area contributed by atoms with E-state index < -0.39 is 10.0 Å². The molecule has 0 aliphatic rings. The highest BCUT2D eigenvalue weighted by molar-refractivity contribution is 7.92. The molecule has 0 atom stereocenters. The zero-order valence-corrected chi connectivity index (χ0v) is 12.4. The molecule has 20 heavy (non-hydrogen) atoms. The Labute approximate surface area is 119 Å². The van der Waals surface area contributed by atoms with Gasteiger partial charge in [-0.2, -0.15) is 0 Å². The van der Waals surface area contributed by atoms with Gasteiger partial charge in [0.1, 0.15) is 0 Å². The van der Waals surface area contributed by atoms with Crippen molar-refractivity contribution in [2.45, 2.75) is 18.4 Å². The highest BCUT2D eigenvalue weighted by Gasteiger charge is 2.15. The average Bonchev–Trinajstić information content (AvgIpc) is 2.41. The second-order valence-corrected chi connectivity index (χ2v) is 6.29. The molecule has 0 unspecified atom stereocenters. The number of hydrogen-bond donors (Lipinski definition) is 2. The molecule has 0 radical (unpaired) electrons. The van der Waals surface area contributed by atoms with Crippen LogP contribution in [0.4, 0.5) is 5.69 Å². The quantitative estimate of drug-likeness (QED) is 0.889. The minimum atomic E-state index is -3.55. The second kappa shape index (κ2) is 6.07. The van der Waals surface area contributed by atoms with Crippen molar-refractivity contribution in [3.8, 4) is 0 Å². The molecule has 0 aliphatic carbocycles. The lowest BCUT2D eigenvalue weighted by atomic mass is 10.2. The van der Waals surface area contributed by atoms with Crippen LogP contribution in [-0.2, 0) is 16.6 Å². The Kier molecular flexibility index (Phi) is 4.42. The Hall–Kier alpha value is -1.85. The number of anilines is 1. The molecule has 2 aromatic rings. The molecule has 106 valence electrons. The Morgan fingerprint density at radius 3 is 2.30 bits per heavy atom. The first-order valence-corrected chi connectivity index (χ1v) is 7.83. The zero-order chi connectivity index (χ0) is 14.6. The number of benzene rings is 2. The van der Waals surface area contributed by atoms with E-state index in [4.69, 9.17) is 0 Å². The topological polar surface area (TPSA) is 58.2 Å². The summed E-state index contributed by atoms with van der Waals surface area (Å²) in [5, 5.41) is 3.02. The maximum atomic E-state index is 12.3. The zero-order valence-electron chi connectivity index (χ0n) is 11.6. The third-order valence-corrected chi connectivity index (χ3v) is 4.34. The van der Waals surface area contributed by atoms with Crippen LogP contribution in [0, 0.1) is 6.92 Å².